The van der Waals surface area contributed by atoms with Gasteiger partial charge in [-0.25, -0.2) is 9.97 Å². The molecule has 0 spiro atoms. The van der Waals surface area contributed by atoms with E-state index in [4.69, 9.17) is 9.47 Å². The fourth-order valence-electron chi connectivity index (χ4n) is 2.41. The molecule has 1 aromatic heterocycles. The number of ether oxygens (including phenoxy) is 2. The Bertz CT molecular complexity index is 900. The molecular formula is C16H14N3O4S-. The molecule has 0 aliphatic heterocycles. The molecule has 1 heterocycles. The standard InChI is InChI=1S/C16H15N3O4S/c1-22-14-7-12-13(8-15(14)23-2)17-9-18-16(12)10-3-5-11(6-4-10)19-24(20)21/h3-9,19H,1-2H3,(H,20,21)/p-1. The van der Waals surface area contributed by atoms with E-state index >= 15 is 0 Å². The van der Waals surface area contributed by atoms with E-state index in [0.717, 1.165) is 22.2 Å². The Kier molecular flexibility index (Phi) is 4.59. The number of methoxy groups -OCH3 is 2. The van der Waals surface area contributed by atoms with Crippen molar-refractivity contribution in [1.29, 1.82) is 0 Å². The van der Waals surface area contributed by atoms with Crippen LogP contribution in [0.2, 0.25) is 0 Å². The van der Waals surface area contributed by atoms with Crippen LogP contribution in [0, 0.1) is 0 Å². The first-order valence-corrected chi connectivity index (χ1v) is 8.03. The monoisotopic (exact) mass is 344 g/mol. The summed E-state index contributed by atoms with van der Waals surface area (Å²) in [6.07, 6.45) is 1.47. The van der Waals surface area contributed by atoms with E-state index in [9.17, 15) is 8.76 Å². The topological polar surface area (TPSA) is 96.4 Å². The van der Waals surface area contributed by atoms with Crippen LogP contribution in [0.3, 0.4) is 0 Å². The Balaban J connectivity index is 2.10. The van der Waals surface area contributed by atoms with Crippen molar-refractivity contribution in [2.45, 2.75) is 0 Å². The van der Waals surface area contributed by atoms with E-state index in [1.807, 2.05) is 6.07 Å². The average Bonchev–Trinajstić information content (AvgIpc) is 2.60. The second kappa shape index (κ2) is 6.81. The zero-order chi connectivity index (χ0) is 17.1. The van der Waals surface area contributed by atoms with Crippen LogP contribution in [-0.4, -0.2) is 32.9 Å². The van der Waals surface area contributed by atoms with Crippen LogP contribution in [0.15, 0.2) is 42.7 Å². The summed E-state index contributed by atoms with van der Waals surface area (Å²) in [7, 11) is 3.13. The van der Waals surface area contributed by atoms with E-state index < -0.39 is 11.3 Å². The van der Waals surface area contributed by atoms with Gasteiger partial charge in [-0.05, 0) is 18.2 Å². The molecule has 1 unspecified atom stereocenters. The van der Waals surface area contributed by atoms with Crippen molar-refractivity contribution in [2.75, 3.05) is 18.9 Å². The third-order valence-electron chi connectivity index (χ3n) is 3.50. The molecule has 1 atom stereocenters. The van der Waals surface area contributed by atoms with Crippen LogP contribution < -0.4 is 14.2 Å². The second-order valence-corrected chi connectivity index (χ2v) is 5.53. The van der Waals surface area contributed by atoms with Crippen molar-refractivity contribution in [3.63, 3.8) is 0 Å². The third kappa shape index (κ3) is 3.15. The largest absolute Gasteiger partial charge is 0.755 e. The van der Waals surface area contributed by atoms with Gasteiger partial charge in [0.2, 0.25) is 0 Å². The maximum Gasteiger partial charge on any atom is 0.162 e. The van der Waals surface area contributed by atoms with Crippen LogP contribution in [-0.2, 0) is 11.3 Å². The second-order valence-electron chi connectivity index (χ2n) is 4.86. The lowest BCUT2D eigenvalue weighted by atomic mass is 10.1. The summed E-state index contributed by atoms with van der Waals surface area (Å²) in [6.45, 7) is 0. The van der Waals surface area contributed by atoms with Crippen molar-refractivity contribution in [3.8, 4) is 22.8 Å². The van der Waals surface area contributed by atoms with E-state index in [1.165, 1.54) is 6.33 Å². The molecule has 0 bridgehead atoms. The van der Waals surface area contributed by atoms with Gasteiger partial charge in [0.15, 0.2) is 11.5 Å². The molecule has 0 amide bonds. The lowest BCUT2D eigenvalue weighted by molar-refractivity contribution is 0.356. The lowest BCUT2D eigenvalue weighted by Gasteiger charge is -2.12. The zero-order valence-corrected chi connectivity index (χ0v) is 13.8. The Hall–Kier alpha value is -2.71. The molecule has 2 aromatic carbocycles. The van der Waals surface area contributed by atoms with Crippen molar-refractivity contribution < 1.29 is 18.2 Å². The summed E-state index contributed by atoms with van der Waals surface area (Å²) in [5, 5.41) is 0.809. The summed E-state index contributed by atoms with van der Waals surface area (Å²) in [5.74, 6) is 1.17. The summed E-state index contributed by atoms with van der Waals surface area (Å²) in [6, 6.07) is 10.5. The van der Waals surface area contributed by atoms with Crippen molar-refractivity contribution in [1.82, 2.24) is 9.97 Å². The molecule has 7 nitrogen and oxygen atoms in total. The highest BCUT2D eigenvalue weighted by atomic mass is 32.2. The fourth-order valence-corrected chi connectivity index (χ4v) is 2.73. The lowest BCUT2D eigenvalue weighted by Crippen LogP contribution is -2.01. The number of hydrogen-bond donors (Lipinski definition) is 1. The molecule has 8 heteroatoms. The number of nitrogens with zero attached hydrogens (tertiary/aromatic N) is 2. The van der Waals surface area contributed by atoms with Gasteiger partial charge in [0, 0.05) is 34.0 Å². The van der Waals surface area contributed by atoms with E-state index in [-0.39, 0.29) is 0 Å². The third-order valence-corrected chi connectivity index (χ3v) is 3.90. The zero-order valence-electron chi connectivity index (χ0n) is 13.0. The molecule has 124 valence electrons. The number of aromatic nitrogens is 2. The quantitative estimate of drug-likeness (QED) is 0.715. The molecule has 0 fully saturated rings. The average molecular weight is 344 g/mol. The molecular weight excluding hydrogens is 330 g/mol. The molecule has 0 aliphatic rings. The van der Waals surface area contributed by atoms with E-state index in [0.29, 0.717) is 17.2 Å². The summed E-state index contributed by atoms with van der Waals surface area (Å²) in [5.41, 5.74) is 2.75. The maximum absolute atomic E-state index is 10.7. The predicted octanol–water partition coefficient (Wildman–Crippen LogP) is 2.52. The number of benzene rings is 2. The van der Waals surface area contributed by atoms with Gasteiger partial charge >= 0.3 is 0 Å². The summed E-state index contributed by atoms with van der Waals surface area (Å²) >= 11 is -2.35. The summed E-state index contributed by atoms with van der Waals surface area (Å²) in [4.78, 5) is 8.62. The van der Waals surface area contributed by atoms with E-state index in [1.54, 1.807) is 44.6 Å². The van der Waals surface area contributed by atoms with Crippen molar-refractivity contribution in [2.24, 2.45) is 0 Å². The van der Waals surface area contributed by atoms with Gasteiger partial charge in [-0.1, -0.05) is 12.1 Å². The van der Waals surface area contributed by atoms with Gasteiger partial charge in [0.25, 0.3) is 0 Å². The highest BCUT2D eigenvalue weighted by Gasteiger charge is 2.12. The normalized spacial score (nSPS) is 12.0. The minimum Gasteiger partial charge on any atom is -0.755 e. The SMILES string of the molecule is COc1cc2ncnc(-c3ccc(NS(=O)[O-])cc3)c2cc1OC. The number of anilines is 1. The molecule has 24 heavy (non-hydrogen) atoms. The van der Waals surface area contributed by atoms with Crippen molar-refractivity contribution >= 4 is 27.9 Å². The predicted molar refractivity (Wildman–Crippen MR) is 90.6 cm³/mol. The van der Waals surface area contributed by atoms with Crippen molar-refractivity contribution in [3.05, 3.63) is 42.7 Å². The van der Waals surface area contributed by atoms with E-state index in [2.05, 4.69) is 14.7 Å². The summed E-state index contributed by atoms with van der Waals surface area (Å²) < 4.78 is 34.3. The van der Waals surface area contributed by atoms with Gasteiger partial charge in [-0.15, -0.1) is 0 Å². The first kappa shape index (κ1) is 16.2. The molecule has 0 saturated heterocycles. The van der Waals surface area contributed by atoms with Gasteiger partial charge < -0.3 is 18.7 Å². The Morgan fingerprint density at radius 3 is 2.33 bits per heavy atom. The molecule has 3 rings (SSSR count). The minimum atomic E-state index is -2.35. The van der Waals surface area contributed by atoms with Crippen LogP contribution in [0.4, 0.5) is 5.69 Å². The van der Waals surface area contributed by atoms with Crippen LogP contribution in [0.25, 0.3) is 22.2 Å². The first-order chi connectivity index (χ1) is 11.6. The number of fused-ring (bicyclic) bond motifs is 1. The highest BCUT2D eigenvalue weighted by Crippen LogP contribution is 2.35. The Labute approximate surface area is 141 Å². The molecule has 0 radical (unpaired) electrons. The highest BCUT2D eigenvalue weighted by molar-refractivity contribution is 7.80. The molecule has 0 aliphatic carbocycles. The van der Waals surface area contributed by atoms with Gasteiger partial charge in [-0.2, -0.15) is 0 Å². The van der Waals surface area contributed by atoms with Gasteiger partial charge in [0.1, 0.15) is 6.33 Å². The van der Waals surface area contributed by atoms with Crippen LogP contribution in [0.1, 0.15) is 0 Å². The molecule has 3 aromatic rings. The minimum absolute atomic E-state index is 0.477. The number of rotatable bonds is 5. The Morgan fingerprint density at radius 2 is 1.71 bits per heavy atom. The smallest absolute Gasteiger partial charge is 0.162 e. The number of hydrogen-bond acceptors (Lipinski definition) is 6. The molecule has 0 saturated carbocycles. The van der Waals surface area contributed by atoms with Gasteiger partial charge in [-0.3, -0.25) is 4.21 Å². The van der Waals surface area contributed by atoms with Crippen LogP contribution >= 0.6 is 0 Å². The first-order valence-electron chi connectivity index (χ1n) is 6.95. The van der Waals surface area contributed by atoms with Gasteiger partial charge in [0.05, 0.1) is 25.4 Å². The fraction of sp³-hybridized carbons (Fsp3) is 0.125. The Morgan fingerprint density at radius 1 is 1.04 bits per heavy atom. The van der Waals surface area contributed by atoms with Crippen LogP contribution in [0.5, 0.6) is 11.5 Å². The number of nitrogens with one attached hydrogen (secondary N) is 1. The molecule has 1 N–H and O–H groups in total. The maximum atomic E-state index is 10.7.